The van der Waals surface area contributed by atoms with Crippen LogP contribution >= 0.6 is 0 Å². The monoisotopic (exact) mass is 332 g/mol. The van der Waals surface area contributed by atoms with Gasteiger partial charge in [-0.25, -0.2) is 4.79 Å². The zero-order valence-electron chi connectivity index (χ0n) is 15.9. The van der Waals surface area contributed by atoms with E-state index in [1.807, 2.05) is 13.0 Å². The minimum Gasteiger partial charge on any atom is -0.338 e. The lowest BCUT2D eigenvalue weighted by atomic mass is 10.0. The number of unbranched alkanes of at least 4 members (excludes halogenated alkanes) is 7. The van der Waals surface area contributed by atoms with Gasteiger partial charge in [0, 0.05) is 12.2 Å². The second-order valence-electron chi connectivity index (χ2n) is 6.71. The van der Waals surface area contributed by atoms with E-state index in [2.05, 4.69) is 36.6 Å². The van der Waals surface area contributed by atoms with Crippen molar-refractivity contribution in [1.29, 1.82) is 0 Å². The molecule has 3 heteroatoms. The second-order valence-corrected chi connectivity index (χ2v) is 6.71. The van der Waals surface area contributed by atoms with Gasteiger partial charge in [0.05, 0.1) is 0 Å². The fourth-order valence-electron chi connectivity index (χ4n) is 3.00. The first-order valence-corrected chi connectivity index (χ1v) is 9.82. The molecule has 0 aliphatic heterocycles. The van der Waals surface area contributed by atoms with Crippen LogP contribution in [-0.4, -0.2) is 12.6 Å². The largest absolute Gasteiger partial charge is 0.338 e. The first-order valence-electron chi connectivity index (χ1n) is 9.82. The molecule has 0 aliphatic carbocycles. The topological polar surface area (TPSA) is 41.1 Å². The Morgan fingerprint density at radius 2 is 1.58 bits per heavy atom. The third kappa shape index (κ3) is 8.37. The van der Waals surface area contributed by atoms with E-state index in [-0.39, 0.29) is 6.03 Å². The minimum atomic E-state index is -0.0791. The Morgan fingerprint density at radius 1 is 0.917 bits per heavy atom. The Bertz CT molecular complexity index is 471. The molecule has 2 amide bonds. The number of nitrogens with one attached hydrogen (secondary N) is 2. The van der Waals surface area contributed by atoms with Crippen LogP contribution in [0.5, 0.6) is 0 Å². The molecule has 0 fully saturated rings. The highest BCUT2D eigenvalue weighted by Crippen LogP contribution is 2.21. The van der Waals surface area contributed by atoms with Gasteiger partial charge in [-0.2, -0.15) is 0 Å². The lowest BCUT2D eigenvalue weighted by Gasteiger charge is -2.14. The van der Waals surface area contributed by atoms with Crippen LogP contribution < -0.4 is 10.6 Å². The highest BCUT2D eigenvalue weighted by molar-refractivity contribution is 5.91. The molecule has 24 heavy (non-hydrogen) atoms. The SMILES string of the molecule is CCCCCCCCCCNC(=O)Nc1c(C)cccc1CCC. The molecule has 0 radical (unpaired) electrons. The average Bonchev–Trinajstić information content (AvgIpc) is 2.57. The van der Waals surface area contributed by atoms with Crippen molar-refractivity contribution < 1.29 is 4.79 Å². The molecule has 0 saturated heterocycles. The Morgan fingerprint density at radius 3 is 2.25 bits per heavy atom. The van der Waals surface area contributed by atoms with Crippen LogP contribution in [-0.2, 0) is 6.42 Å². The van der Waals surface area contributed by atoms with Crippen molar-refractivity contribution in [3.8, 4) is 0 Å². The van der Waals surface area contributed by atoms with Crippen LogP contribution in [0.25, 0.3) is 0 Å². The fourth-order valence-corrected chi connectivity index (χ4v) is 3.00. The summed E-state index contributed by atoms with van der Waals surface area (Å²) in [6.07, 6.45) is 12.4. The maximum atomic E-state index is 12.1. The highest BCUT2D eigenvalue weighted by atomic mass is 16.2. The van der Waals surface area contributed by atoms with Crippen molar-refractivity contribution in [3.05, 3.63) is 29.3 Å². The molecule has 3 nitrogen and oxygen atoms in total. The van der Waals surface area contributed by atoms with Crippen molar-refractivity contribution in [1.82, 2.24) is 5.32 Å². The molecule has 0 atom stereocenters. The zero-order chi connectivity index (χ0) is 17.6. The van der Waals surface area contributed by atoms with Gasteiger partial charge in [-0.3, -0.25) is 0 Å². The molecule has 1 rings (SSSR count). The Hall–Kier alpha value is -1.51. The number of amides is 2. The van der Waals surface area contributed by atoms with Crippen molar-refractivity contribution in [2.24, 2.45) is 0 Å². The number of benzene rings is 1. The van der Waals surface area contributed by atoms with Crippen LogP contribution in [0.1, 0.15) is 82.8 Å². The van der Waals surface area contributed by atoms with E-state index in [9.17, 15) is 4.79 Å². The van der Waals surface area contributed by atoms with Crippen LogP contribution in [0.4, 0.5) is 10.5 Å². The third-order valence-electron chi connectivity index (χ3n) is 4.43. The average molecular weight is 333 g/mol. The molecule has 0 heterocycles. The molecule has 0 spiro atoms. The van der Waals surface area contributed by atoms with E-state index in [1.165, 1.54) is 50.5 Å². The van der Waals surface area contributed by atoms with Gasteiger partial charge in [-0.05, 0) is 30.9 Å². The van der Waals surface area contributed by atoms with Gasteiger partial charge >= 0.3 is 6.03 Å². The van der Waals surface area contributed by atoms with E-state index in [1.54, 1.807) is 0 Å². The van der Waals surface area contributed by atoms with Crippen molar-refractivity contribution >= 4 is 11.7 Å². The number of hydrogen-bond acceptors (Lipinski definition) is 1. The van der Waals surface area contributed by atoms with Crippen LogP contribution in [0.2, 0.25) is 0 Å². The van der Waals surface area contributed by atoms with E-state index < -0.39 is 0 Å². The molecule has 1 aromatic carbocycles. The van der Waals surface area contributed by atoms with Crippen LogP contribution in [0.3, 0.4) is 0 Å². The summed E-state index contributed by atoms with van der Waals surface area (Å²) in [5.41, 5.74) is 3.33. The number of anilines is 1. The smallest absolute Gasteiger partial charge is 0.319 e. The summed E-state index contributed by atoms with van der Waals surface area (Å²) in [6.45, 7) is 7.22. The summed E-state index contributed by atoms with van der Waals surface area (Å²) in [6, 6.07) is 6.13. The number of rotatable bonds is 12. The Kier molecular flexibility index (Phi) is 11.0. The normalized spacial score (nSPS) is 10.6. The zero-order valence-corrected chi connectivity index (χ0v) is 15.9. The van der Waals surface area contributed by atoms with Gasteiger partial charge in [0.25, 0.3) is 0 Å². The number of hydrogen-bond donors (Lipinski definition) is 2. The summed E-state index contributed by atoms with van der Waals surface area (Å²) < 4.78 is 0. The van der Waals surface area contributed by atoms with Gasteiger partial charge in [0.15, 0.2) is 0 Å². The van der Waals surface area contributed by atoms with E-state index in [4.69, 9.17) is 0 Å². The molecule has 0 bridgehead atoms. The van der Waals surface area contributed by atoms with Gasteiger partial charge in [0.1, 0.15) is 0 Å². The van der Waals surface area contributed by atoms with Crippen molar-refractivity contribution in [2.45, 2.75) is 85.0 Å². The van der Waals surface area contributed by atoms with Gasteiger partial charge in [-0.15, -0.1) is 0 Å². The van der Waals surface area contributed by atoms with E-state index >= 15 is 0 Å². The molecule has 136 valence electrons. The van der Waals surface area contributed by atoms with Crippen LogP contribution in [0.15, 0.2) is 18.2 Å². The Labute approximate surface area is 148 Å². The number of carbonyl (C=O) groups excluding carboxylic acids is 1. The quantitative estimate of drug-likeness (QED) is 0.439. The minimum absolute atomic E-state index is 0.0791. The molecular formula is C21H36N2O. The first kappa shape index (κ1) is 20.5. The molecule has 2 N–H and O–H groups in total. The van der Waals surface area contributed by atoms with Crippen LogP contribution in [0, 0.1) is 6.92 Å². The Balaban J connectivity index is 2.21. The summed E-state index contributed by atoms with van der Waals surface area (Å²) in [5, 5.41) is 6.03. The van der Waals surface area contributed by atoms with Crippen molar-refractivity contribution in [3.63, 3.8) is 0 Å². The second kappa shape index (κ2) is 12.9. The summed E-state index contributed by atoms with van der Waals surface area (Å²) in [4.78, 5) is 12.1. The lowest BCUT2D eigenvalue weighted by molar-refractivity contribution is 0.252. The molecule has 0 unspecified atom stereocenters. The van der Waals surface area contributed by atoms with Crippen molar-refractivity contribution in [2.75, 3.05) is 11.9 Å². The highest BCUT2D eigenvalue weighted by Gasteiger charge is 2.08. The summed E-state index contributed by atoms with van der Waals surface area (Å²) >= 11 is 0. The predicted molar refractivity (Wildman–Crippen MR) is 105 cm³/mol. The summed E-state index contributed by atoms with van der Waals surface area (Å²) in [7, 11) is 0. The molecule has 1 aromatic rings. The maximum absolute atomic E-state index is 12.1. The lowest BCUT2D eigenvalue weighted by Crippen LogP contribution is -2.30. The maximum Gasteiger partial charge on any atom is 0.319 e. The molecule has 0 aliphatic rings. The predicted octanol–water partition coefficient (Wildman–Crippen LogP) is 6.21. The number of urea groups is 1. The molecule has 0 aromatic heterocycles. The number of para-hydroxylation sites is 1. The third-order valence-corrected chi connectivity index (χ3v) is 4.43. The summed E-state index contributed by atoms with van der Waals surface area (Å²) in [5.74, 6) is 0. The van der Waals surface area contributed by atoms with Gasteiger partial charge < -0.3 is 10.6 Å². The van der Waals surface area contributed by atoms with E-state index in [0.29, 0.717) is 0 Å². The molecular weight excluding hydrogens is 296 g/mol. The fraction of sp³-hybridized carbons (Fsp3) is 0.667. The molecule has 0 saturated carbocycles. The van der Waals surface area contributed by atoms with Gasteiger partial charge in [-0.1, -0.05) is 83.4 Å². The van der Waals surface area contributed by atoms with Gasteiger partial charge in [0.2, 0.25) is 0 Å². The number of aryl methyl sites for hydroxylation is 2. The standard InChI is InChI=1S/C21H36N2O/c1-4-6-7-8-9-10-11-12-17-22-21(24)23-20-18(3)15-13-16-19(20)14-5-2/h13,15-16H,4-12,14,17H2,1-3H3,(H2,22,23,24). The first-order chi connectivity index (χ1) is 11.7. The number of carbonyl (C=O) groups is 1. The van der Waals surface area contributed by atoms with E-state index in [0.717, 1.165) is 37.1 Å².